The van der Waals surface area contributed by atoms with Crippen LogP contribution in [0.1, 0.15) is 12.8 Å². The number of rotatable bonds is 5. The van der Waals surface area contributed by atoms with Crippen molar-refractivity contribution in [3.63, 3.8) is 0 Å². The largest absolute Gasteiger partial charge is 0.396 e. The highest BCUT2D eigenvalue weighted by molar-refractivity contribution is 6.33. The van der Waals surface area contributed by atoms with Crippen molar-refractivity contribution in [3.05, 3.63) is 41.6 Å². The maximum absolute atomic E-state index is 9.81. The predicted molar refractivity (Wildman–Crippen MR) is 107 cm³/mol. The van der Waals surface area contributed by atoms with Gasteiger partial charge in [-0.05, 0) is 31.0 Å². The molecule has 2 N–H and O–H groups in total. The number of fused-ring (bicyclic) bond motifs is 1. The van der Waals surface area contributed by atoms with Gasteiger partial charge in [0.15, 0.2) is 0 Å². The first-order valence-electron chi connectivity index (χ1n) is 9.11. The molecule has 1 fully saturated rings. The van der Waals surface area contributed by atoms with Crippen molar-refractivity contribution in [2.75, 3.05) is 31.2 Å². The molecule has 0 spiro atoms. The van der Waals surface area contributed by atoms with Crippen LogP contribution in [0.25, 0.3) is 22.4 Å². The minimum Gasteiger partial charge on any atom is -0.396 e. The second-order valence-electron chi connectivity index (χ2n) is 7.31. The monoisotopic (exact) mass is 386 g/mol. The number of para-hydroxylation sites is 2. The van der Waals surface area contributed by atoms with Gasteiger partial charge in [-0.1, -0.05) is 23.7 Å². The molecule has 1 aliphatic heterocycles. The molecule has 2 aromatic heterocycles. The average molecular weight is 387 g/mol. The Morgan fingerprint density at radius 2 is 2.07 bits per heavy atom. The lowest BCUT2D eigenvalue weighted by molar-refractivity contribution is 0.109. The fourth-order valence-corrected chi connectivity index (χ4v) is 4.13. The maximum Gasteiger partial charge on any atom is 0.142 e. The van der Waals surface area contributed by atoms with Gasteiger partial charge in [0.25, 0.3) is 0 Å². The van der Waals surface area contributed by atoms with Crippen molar-refractivity contribution in [1.29, 1.82) is 0 Å². The quantitative estimate of drug-likeness (QED) is 0.705. The maximum atomic E-state index is 9.81. The second kappa shape index (κ2) is 7.11. The van der Waals surface area contributed by atoms with E-state index in [2.05, 4.69) is 9.88 Å². The molecular formula is C20H23ClN4O2. The van der Waals surface area contributed by atoms with Gasteiger partial charge in [0.1, 0.15) is 11.6 Å². The van der Waals surface area contributed by atoms with E-state index in [0.29, 0.717) is 18.0 Å². The lowest BCUT2D eigenvalue weighted by Gasteiger charge is -2.26. The Morgan fingerprint density at radius 1 is 1.26 bits per heavy atom. The van der Waals surface area contributed by atoms with Crippen LogP contribution < -0.4 is 4.90 Å². The van der Waals surface area contributed by atoms with Gasteiger partial charge < -0.3 is 19.7 Å². The van der Waals surface area contributed by atoms with Crippen LogP contribution >= 0.6 is 11.6 Å². The van der Waals surface area contributed by atoms with Crippen molar-refractivity contribution in [3.8, 4) is 11.4 Å². The van der Waals surface area contributed by atoms with Crippen LogP contribution in [-0.2, 0) is 7.05 Å². The third kappa shape index (κ3) is 3.18. The second-order valence-corrected chi connectivity index (χ2v) is 7.72. The first kappa shape index (κ1) is 18.2. The molecule has 0 aliphatic carbocycles. The Hall–Kier alpha value is -2.15. The molecule has 1 atom stereocenters. The molecule has 3 aromatic rings. The zero-order valence-corrected chi connectivity index (χ0v) is 16.0. The highest BCUT2D eigenvalue weighted by Gasteiger charge is 2.37. The molecule has 7 heteroatoms. The Labute approximate surface area is 163 Å². The number of aryl methyl sites for hydroxylation is 1. The van der Waals surface area contributed by atoms with Crippen molar-refractivity contribution in [2.24, 2.45) is 12.5 Å². The summed E-state index contributed by atoms with van der Waals surface area (Å²) in [5.74, 6) is 1.61. The number of hydrogen-bond donors (Lipinski definition) is 2. The molecule has 0 bridgehead atoms. The third-order valence-corrected chi connectivity index (χ3v) is 5.91. The molecular weight excluding hydrogens is 364 g/mol. The van der Waals surface area contributed by atoms with Gasteiger partial charge in [0.2, 0.25) is 0 Å². The zero-order valence-electron chi connectivity index (χ0n) is 15.3. The van der Waals surface area contributed by atoms with Crippen molar-refractivity contribution in [2.45, 2.75) is 12.8 Å². The van der Waals surface area contributed by atoms with Crippen LogP contribution in [0.2, 0.25) is 5.02 Å². The lowest BCUT2D eigenvalue weighted by atomic mass is 9.85. The summed E-state index contributed by atoms with van der Waals surface area (Å²) in [5.41, 5.74) is 2.54. The summed E-state index contributed by atoms with van der Waals surface area (Å²) in [4.78, 5) is 11.4. The molecule has 27 heavy (non-hydrogen) atoms. The van der Waals surface area contributed by atoms with E-state index in [1.54, 1.807) is 6.20 Å². The van der Waals surface area contributed by atoms with Crippen LogP contribution in [0.3, 0.4) is 0 Å². The smallest absolute Gasteiger partial charge is 0.142 e. The standard InChI is InChI=1S/C20H23ClN4O2/c1-24-17-5-3-2-4-16(17)23-19(24)14-10-18(22-11-15(14)21)25-8-6-20(12-25,13-27)7-9-26/h2-5,10-11,26-27H,6-9,12-13H2,1H3. The Bertz CT molecular complexity index is 974. The topological polar surface area (TPSA) is 74.4 Å². The molecule has 1 unspecified atom stereocenters. The van der Waals surface area contributed by atoms with Gasteiger partial charge >= 0.3 is 0 Å². The van der Waals surface area contributed by atoms with Gasteiger partial charge in [0.05, 0.1) is 22.7 Å². The molecule has 0 saturated carbocycles. The van der Waals surface area contributed by atoms with E-state index in [9.17, 15) is 10.2 Å². The molecule has 0 radical (unpaired) electrons. The summed E-state index contributed by atoms with van der Waals surface area (Å²) < 4.78 is 2.04. The van der Waals surface area contributed by atoms with E-state index in [1.807, 2.05) is 41.9 Å². The molecule has 6 nitrogen and oxygen atoms in total. The number of benzene rings is 1. The van der Waals surface area contributed by atoms with E-state index in [0.717, 1.165) is 41.2 Å². The number of aromatic nitrogens is 3. The van der Waals surface area contributed by atoms with E-state index in [1.165, 1.54) is 0 Å². The Balaban J connectivity index is 1.71. The van der Waals surface area contributed by atoms with Gasteiger partial charge in [0, 0.05) is 43.9 Å². The van der Waals surface area contributed by atoms with Gasteiger partial charge in [-0.25, -0.2) is 9.97 Å². The minimum absolute atomic E-state index is 0.0647. The fraction of sp³-hybridized carbons (Fsp3) is 0.400. The van der Waals surface area contributed by atoms with E-state index < -0.39 is 0 Å². The van der Waals surface area contributed by atoms with Crippen molar-refractivity contribution >= 4 is 28.5 Å². The van der Waals surface area contributed by atoms with E-state index in [4.69, 9.17) is 16.6 Å². The highest BCUT2D eigenvalue weighted by atomic mass is 35.5. The summed E-state index contributed by atoms with van der Waals surface area (Å²) in [6.07, 6.45) is 3.08. The van der Waals surface area contributed by atoms with Crippen LogP contribution in [0.5, 0.6) is 0 Å². The lowest BCUT2D eigenvalue weighted by Crippen LogP contribution is -2.31. The van der Waals surface area contributed by atoms with Gasteiger partial charge in [-0.2, -0.15) is 0 Å². The highest BCUT2D eigenvalue weighted by Crippen LogP contribution is 2.37. The predicted octanol–water partition coefficient (Wildman–Crippen LogP) is 2.86. The number of aliphatic hydroxyl groups excluding tert-OH is 2. The van der Waals surface area contributed by atoms with E-state index in [-0.39, 0.29) is 18.6 Å². The molecule has 3 heterocycles. The van der Waals surface area contributed by atoms with Crippen molar-refractivity contribution < 1.29 is 10.2 Å². The number of aliphatic hydroxyl groups is 2. The average Bonchev–Trinajstić information content (AvgIpc) is 3.25. The molecule has 1 aromatic carbocycles. The summed E-state index contributed by atoms with van der Waals surface area (Å²) in [7, 11) is 1.98. The Morgan fingerprint density at radius 3 is 2.81 bits per heavy atom. The SMILES string of the molecule is Cn1c(-c2cc(N3CCC(CO)(CCO)C3)ncc2Cl)nc2ccccc21. The molecule has 1 aliphatic rings. The molecule has 4 rings (SSSR count). The fourth-order valence-electron chi connectivity index (χ4n) is 3.94. The first-order valence-corrected chi connectivity index (χ1v) is 9.49. The number of pyridine rings is 1. The third-order valence-electron chi connectivity index (χ3n) is 5.61. The minimum atomic E-state index is -0.270. The summed E-state index contributed by atoms with van der Waals surface area (Å²) in [5, 5.41) is 19.7. The van der Waals surface area contributed by atoms with Crippen LogP contribution in [0.4, 0.5) is 5.82 Å². The van der Waals surface area contributed by atoms with Gasteiger partial charge in [-0.15, -0.1) is 0 Å². The molecule has 1 saturated heterocycles. The van der Waals surface area contributed by atoms with Crippen LogP contribution in [-0.4, -0.2) is 51.1 Å². The number of nitrogens with zero attached hydrogens (tertiary/aromatic N) is 4. The molecule has 0 amide bonds. The number of imidazole rings is 1. The molecule has 142 valence electrons. The zero-order chi connectivity index (χ0) is 19.0. The number of anilines is 1. The summed E-state index contributed by atoms with van der Waals surface area (Å²) >= 11 is 6.46. The van der Waals surface area contributed by atoms with Crippen LogP contribution in [0.15, 0.2) is 36.5 Å². The van der Waals surface area contributed by atoms with Crippen molar-refractivity contribution in [1.82, 2.24) is 14.5 Å². The van der Waals surface area contributed by atoms with Crippen LogP contribution in [0, 0.1) is 5.41 Å². The number of hydrogen-bond acceptors (Lipinski definition) is 5. The first-order chi connectivity index (χ1) is 13.1. The summed E-state index contributed by atoms with van der Waals surface area (Å²) in [6, 6.07) is 9.95. The van der Waals surface area contributed by atoms with Gasteiger partial charge in [-0.3, -0.25) is 0 Å². The Kier molecular flexibility index (Phi) is 4.80. The van der Waals surface area contributed by atoms with E-state index >= 15 is 0 Å². The summed E-state index contributed by atoms with van der Waals surface area (Å²) in [6.45, 7) is 1.60. The number of halogens is 1. The normalized spacial score (nSPS) is 19.9.